The van der Waals surface area contributed by atoms with Gasteiger partial charge in [-0.25, -0.2) is 4.68 Å². The standard InChI is InChI=1S/C6H10N4O2/c1-4-5(10(11)12)6(7-2)9(3)8-4/h7H,1-3H3. The second-order valence-electron chi connectivity index (χ2n) is 2.41. The van der Waals surface area contributed by atoms with Crippen LogP contribution < -0.4 is 5.32 Å². The van der Waals surface area contributed by atoms with E-state index in [1.54, 1.807) is 21.0 Å². The first-order valence-electron chi connectivity index (χ1n) is 3.43. The fourth-order valence-corrected chi connectivity index (χ4v) is 1.15. The van der Waals surface area contributed by atoms with E-state index in [9.17, 15) is 10.1 Å². The molecule has 0 saturated heterocycles. The predicted molar refractivity (Wildman–Crippen MR) is 44.1 cm³/mol. The van der Waals surface area contributed by atoms with Gasteiger partial charge in [0.2, 0.25) is 5.82 Å². The average molecular weight is 170 g/mol. The van der Waals surface area contributed by atoms with Crippen molar-refractivity contribution in [3.63, 3.8) is 0 Å². The van der Waals surface area contributed by atoms with Crippen LogP contribution in [0.2, 0.25) is 0 Å². The van der Waals surface area contributed by atoms with Gasteiger partial charge in [0.15, 0.2) is 0 Å². The molecule has 0 fully saturated rings. The lowest BCUT2D eigenvalue weighted by Crippen LogP contribution is -2.00. The Labute approximate surface area is 69.3 Å². The fraction of sp³-hybridized carbons (Fsp3) is 0.500. The van der Waals surface area contributed by atoms with Crippen LogP contribution in [0.5, 0.6) is 0 Å². The minimum absolute atomic E-state index is 0.0417. The molecule has 66 valence electrons. The van der Waals surface area contributed by atoms with Crippen molar-refractivity contribution < 1.29 is 4.92 Å². The van der Waals surface area contributed by atoms with Gasteiger partial charge in [0.05, 0.1) is 4.92 Å². The van der Waals surface area contributed by atoms with Crippen LogP contribution in [0.3, 0.4) is 0 Å². The van der Waals surface area contributed by atoms with Crippen LogP contribution >= 0.6 is 0 Å². The summed E-state index contributed by atoms with van der Waals surface area (Å²) in [5, 5.41) is 17.2. The molecule has 0 atom stereocenters. The highest BCUT2D eigenvalue weighted by molar-refractivity contribution is 5.58. The van der Waals surface area contributed by atoms with Crippen molar-refractivity contribution in [1.29, 1.82) is 0 Å². The first-order valence-corrected chi connectivity index (χ1v) is 3.43. The number of aryl methyl sites for hydroxylation is 2. The number of nitrogens with one attached hydrogen (secondary N) is 1. The molecule has 6 heteroatoms. The van der Waals surface area contributed by atoms with Crippen LogP contribution in [0, 0.1) is 17.0 Å². The third-order valence-corrected chi connectivity index (χ3v) is 1.61. The van der Waals surface area contributed by atoms with Gasteiger partial charge in [-0.15, -0.1) is 0 Å². The number of nitro groups is 1. The van der Waals surface area contributed by atoms with E-state index < -0.39 is 4.92 Å². The molecule has 0 radical (unpaired) electrons. The van der Waals surface area contributed by atoms with E-state index in [1.165, 1.54) is 4.68 Å². The molecule has 1 N–H and O–H groups in total. The van der Waals surface area contributed by atoms with E-state index in [0.29, 0.717) is 11.5 Å². The molecule has 0 bridgehead atoms. The summed E-state index contributed by atoms with van der Waals surface area (Å²) in [5.41, 5.74) is 0.465. The Morgan fingerprint density at radius 3 is 2.58 bits per heavy atom. The Balaban J connectivity index is 3.32. The van der Waals surface area contributed by atoms with Crippen LogP contribution in [0.4, 0.5) is 11.5 Å². The smallest absolute Gasteiger partial charge is 0.333 e. The van der Waals surface area contributed by atoms with E-state index >= 15 is 0 Å². The van der Waals surface area contributed by atoms with Gasteiger partial charge in [0.25, 0.3) is 0 Å². The highest BCUT2D eigenvalue weighted by Crippen LogP contribution is 2.26. The summed E-state index contributed by atoms with van der Waals surface area (Å²) in [5.74, 6) is 0.428. The summed E-state index contributed by atoms with van der Waals surface area (Å²) in [6.45, 7) is 1.61. The predicted octanol–water partition coefficient (Wildman–Crippen LogP) is 0.678. The molecular formula is C6H10N4O2. The lowest BCUT2D eigenvalue weighted by atomic mass is 10.4. The first kappa shape index (κ1) is 8.51. The van der Waals surface area contributed by atoms with Crippen LogP contribution in [0.25, 0.3) is 0 Å². The number of nitrogens with zero attached hydrogens (tertiary/aromatic N) is 3. The van der Waals surface area contributed by atoms with Gasteiger partial charge in [0.1, 0.15) is 5.69 Å². The third kappa shape index (κ3) is 1.11. The van der Waals surface area contributed by atoms with Crippen molar-refractivity contribution >= 4 is 11.5 Å². The monoisotopic (exact) mass is 170 g/mol. The zero-order valence-corrected chi connectivity index (χ0v) is 7.16. The normalized spacial score (nSPS) is 9.92. The minimum Gasteiger partial charge on any atom is -0.368 e. The van der Waals surface area contributed by atoms with Gasteiger partial charge < -0.3 is 5.32 Å². The van der Waals surface area contributed by atoms with Crippen LogP contribution in [-0.4, -0.2) is 21.8 Å². The van der Waals surface area contributed by atoms with E-state index in [0.717, 1.165) is 0 Å². The molecule has 1 heterocycles. The van der Waals surface area contributed by atoms with Crippen LogP contribution in [0.1, 0.15) is 5.69 Å². The van der Waals surface area contributed by atoms with Gasteiger partial charge in [-0.05, 0) is 6.92 Å². The summed E-state index contributed by atoms with van der Waals surface area (Å²) in [6.07, 6.45) is 0. The Hall–Kier alpha value is -1.59. The molecule has 1 aromatic rings. The summed E-state index contributed by atoms with van der Waals surface area (Å²) < 4.78 is 1.45. The Bertz CT molecular complexity index is 318. The van der Waals surface area contributed by atoms with E-state index in [4.69, 9.17) is 0 Å². The Morgan fingerprint density at radius 1 is 1.67 bits per heavy atom. The van der Waals surface area contributed by atoms with Crippen molar-refractivity contribution in [3.8, 4) is 0 Å². The van der Waals surface area contributed by atoms with Crippen molar-refractivity contribution in [2.45, 2.75) is 6.92 Å². The summed E-state index contributed by atoms with van der Waals surface area (Å²) in [6, 6.07) is 0. The quantitative estimate of drug-likeness (QED) is 0.523. The van der Waals surface area contributed by atoms with E-state index in [-0.39, 0.29) is 5.69 Å². The highest BCUT2D eigenvalue weighted by atomic mass is 16.6. The lowest BCUT2D eigenvalue weighted by Gasteiger charge is -1.97. The second kappa shape index (κ2) is 2.80. The van der Waals surface area contributed by atoms with Crippen molar-refractivity contribution in [1.82, 2.24) is 9.78 Å². The summed E-state index contributed by atoms with van der Waals surface area (Å²) in [4.78, 5) is 10.1. The maximum atomic E-state index is 10.5. The molecule has 0 aliphatic heterocycles. The molecule has 6 nitrogen and oxygen atoms in total. The van der Waals surface area contributed by atoms with Gasteiger partial charge in [-0.1, -0.05) is 0 Å². The van der Waals surface area contributed by atoms with Crippen LogP contribution in [0.15, 0.2) is 0 Å². The fourth-order valence-electron chi connectivity index (χ4n) is 1.15. The van der Waals surface area contributed by atoms with E-state index in [2.05, 4.69) is 10.4 Å². The third-order valence-electron chi connectivity index (χ3n) is 1.61. The van der Waals surface area contributed by atoms with Gasteiger partial charge in [-0.3, -0.25) is 10.1 Å². The molecule has 0 aliphatic carbocycles. The largest absolute Gasteiger partial charge is 0.368 e. The minimum atomic E-state index is -0.436. The Kier molecular flexibility index (Phi) is 1.99. The number of rotatable bonds is 2. The van der Waals surface area contributed by atoms with Crippen LogP contribution in [-0.2, 0) is 7.05 Å². The molecule has 1 aromatic heterocycles. The first-order chi connectivity index (χ1) is 5.57. The molecule has 1 rings (SSSR count). The molecule has 0 amide bonds. The number of anilines is 1. The average Bonchev–Trinajstić information content (AvgIpc) is 2.24. The summed E-state index contributed by atoms with van der Waals surface area (Å²) in [7, 11) is 3.29. The second-order valence-corrected chi connectivity index (χ2v) is 2.41. The maximum Gasteiger partial charge on any atom is 0.333 e. The lowest BCUT2D eigenvalue weighted by molar-refractivity contribution is -0.384. The Morgan fingerprint density at radius 2 is 2.25 bits per heavy atom. The highest BCUT2D eigenvalue weighted by Gasteiger charge is 2.22. The summed E-state index contributed by atoms with van der Waals surface area (Å²) >= 11 is 0. The number of hydrogen-bond donors (Lipinski definition) is 1. The van der Waals surface area contributed by atoms with Crippen molar-refractivity contribution in [2.75, 3.05) is 12.4 Å². The number of hydrogen-bond acceptors (Lipinski definition) is 4. The van der Waals surface area contributed by atoms with Gasteiger partial charge in [-0.2, -0.15) is 5.10 Å². The maximum absolute atomic E-state index is 10.5. The van der Waals surface area contributed by atoms with Gasteiger partial charge >= 0.3 is 5.69 Å². The molecule has 0 aromatic carbocycles. The SMILES string of the molecule is CNc1c([N+](=O)[O-])c(C)nn1C. The molecule has 0 unspecified atom stereocenters. The van der Waals surface area contributed by atoms with Crippen molar-refractivity contribution in [2.24, 2.45) is 7.05 Å². The van der Waals surface area contributed by atoms with Crippen molar-refractivity contribution in [3.05, 3.63) is 15.8 Å². The topological polar surface area (TPSA) is 73.0 Å². The molecule has 0 saturated carbocycles. The zero-order chi connectivity index (χ0) is 9.30. The molecule has 0 spiro atoms. The molecule has 12 heavy (non-hydrogen) atoms. The molecular weight excluding hydrogens is 160 g/mol. The van der Waals surface area contributed by atoms with Gasteiger partial charge in [0, 0.05) is 14.1 Å². The van der Waals surface area contributed by atoms with E-state index in [1.807, 2.05) is 0 Å². The molecule has 0 aliphatic rings. The zero-order valence-electron chi connectivity index (χ0n) is 7.16. The number of aromatic nitrogens is 2.